The van der Waals surface area contributed by atoms with Gasteiger partial charge in [-0.05, 0) is 30.6 Å². The molecule has 2 bridgehead atoms. The van der Waals surface area contributed by atoms with Crippen LogP contribution in [0, 0.1) is 11.6 Å². The minimum atomic E-state index is 1.17. The Morgan fingerprint density at radius 3 is 2.50 bits per heavy atom. The summed E-state index contributed by atoms with van der Waals surface area (Å²) in [4.78, 5) is 0. The monoisotopic (exact) mass is 99.0 g/mol. The minimum Gasteiger partial charge on any atom is -0.114 e. The van der Waals surface area contributed by atoms with Gasteiger partial charge in [0.2, 0.25) is 0 Å². The van der Waals surface area contributed by atoms with Crippen molar-refractivity contribution < 1.29 is 0 Å². The van der Waals surface area contributed by atoms with E-state index in [4.69, 9.17) is 0 Å². The number of hydrogen-bond donors (Lipinski definition) is 0. The smallest absolute Gasteiger partial charge is 0.00229 e. The van der Waals surface area contributed by atoms with E-state index in [1.54, 1.807) is 6.16 Å². The van der Waals surface area contributed by atoms with E-state index in [-0.39, 0.29) is 0 Å². The molecule has 1 radical (unpaired) electrons. The topological polar surface area (TPSA) is 0 Å². The van der Waals surface area contributed by atoms with Gasteiger partial charge in [0.1, 0.15) is 0 Å². The molecule has 6 heavy (non-hydrogen) atoms. The summed E-state index contributed by atoms with van der Waals surface area (Å²) < 4.78 is 0. The minimum absolute atomic E-state index is 1.17. The molecule has 3 aliphatic rings. The third-order valence-corrected chi connectivity index (χ3v) is 3.40. The first-order valence-corrected chi connectivity index (χ1v) is 3.74. The van der Waals surface area contributed by atoms with Gasteiger partial charge >= 0.3 is 0 Å². The Bertz CT molecular complexity index is 50.8. The molecule has 0 amide bonds. The van der Waals surface area contributed by atoms with Crippen molar-refractivity contribution in [1.82, 2.24) is 0 Å². The molecule has 3 fully saturated rings. The Morgan fingerprint density at radius 2 is 2.33 bits per heavy atom. The second-order valence-electron chi connectivity index (χ2n) is 2.26. The highest BCUT2D eigenvalue weighted by molar-refractivity contribution is 7.42. The van der Waals surface area contributed by atoms with Gasteiger partial charge in [-0.2, -0.15) is 0 Å². The van der Waals surface area contributed by atoms with E-state index in [0.29, 0.717) is 0 Å². The van der Waals surface area contributed by atoms with Gasteiger partial charge in [-0.1, -0.05) is 0 Å². The molecule has 33 valence electrons. The first-order chi connectivity index (χ1) is 2.95. The van der Waals surface area contributed by atoms with Crippen LogP contribution in [-0.4, -0.2) is 6.16 Å². The lowest BCUT2D eigenvalue weighted by atomic mass is 9.87. The summed E-state index contributed by atoms with van der Waals surface area (Å²) in [5, 5.41) is 0. The normalized spacial score (nSPS) is 47.0. The largest absolute Gasteiger partial charge is 0.114 e. The van der Waals surface area contributed by atoms with E-state index in [1.165, 1.54) is 27.3 Å². The summed E-state index contributed by atoms with van der Waals surface area (Å²) in [6, 6.07) is 0. The predicted molar refractivity (Wildman–Crippen MR) is 29.1 cm³/mol. The highest BCUT2D eigenvalue weighted by Gasteiger charge is 2.36. The lowest BCUT2D eigenvalue weighted by Gasteiger charge is -2.19. The zero-order valence-electron chi connectivity index (χ0n) is 3.70. The SMILES string of the molecule is C1P[C]2CC1C2. The van der Waals surface area contributed by atoms with Gasteiger partial charge < -0.3 is 0 Å². The summed E-state index contributed by atoms with van der Waals surface area (Å²) in [7, 11) is 1.27. The molecule has 1 heteroatoms. The Morgan fingerprint density at radius 1 is 1.50 bits per heavy atom. The van der Waals surface area contributed by atoms with E-state index in [2.05, 4.69) is 0 Å². The molecule has 1 atom stereocenters. The average molecular weight is 99.1 g/mol. The first kappa shape index (κ1) is 3.43. The zero-order valence-corrected chi connectivity index (χ0v) is 4.70. The third kappa shape index (κ3) is 0.289. The van der Waals surface area contributed by atoms with Crippen LogP contribution < -0.4 is 0 Å². The van der Waals surface area contributed by atoms with E-state index in [0.717, 1.165) is 0 Å². The summed E-state index contributed by atoms with van der Waals surface area (Å²) >= 11 is 0. The number of fused-ring (bicyclic) bond motifs is 1. The quantitative estimate of drug-likeness (QED) is 0.405. The van der Waals surface area contributed by atoms with Crippen molar-refractivity contribution in [2.45, 2.75) is 12.8 Å². The van der Waals surface area contributed by atoms with Crippen LogP contribution in [0.4, 0.5) is 0 Å². The molecule has 2 saturated heterocycles. The van der Waals surface area contributed by atoms with Gasteiger partial charge in [0.15, 0.2) is 0 Å². The van der Waals surface area contributed by atoms with Gasteiger partial charge in [0.25, 0.3) is 0 Å². The third-order valence-electron chi connectivity index (χ3n) is 1.71. The Labute approximate surface area is 40.1 Å². The summed E-state index contributed by atoms with van der Waals surface area (Å²) in [5.41, 5.74) is 1.88. The van der Waals surface area contributed by atoms with Crippen molar-refractivity contribution in [2.24, 2.45) is 5.92 Å². The number of rotatable bonds is 0. The van der Waals surface area contributed by atoms with Gasteiger partial charge in [-0.25, -0.2) is 0 Å². The van der Waals surface area contributed by atoms with Crippen molar-refractivity contribution in [3.05, 3.63) is 5.66 Å². The van der Waals surface area contributed by atoms with E-state index in [1.807, 2.05) is 5.66 Å². The fourth-order valence-corrected chi connectivity index (χ4v) is 2.95. The molecule has 1 unspecified atom stereocenters. The van der Waals surface area contributed by atoms with E-state index >= 15 is 0 Å². The van der Waals surface area contributed by atoms with Crippen molar-refractivity contribution in [3.8, 4) is 0 Å². The van der Waals surface area contributed by atoms with Crippen molar-refractivity contribution in [3.63, 3.8) is 0 Å². The van der Waals surface area contributed by atoms with Crippen LogP contribution in [0.25, 0.3) is 0 Å². The second-order valence-corrected chi connectivity index (χ2v) is 3.73. The molecule has 0 spiro atoms. The lowest BCUT2D eigenvalue weighted by molar-refractivity contribution is 0.470. The fourth-order valence-electron chi connectivity index (χ4n) is 1.21. The number of hydrogen-bond acceptors (Lipinski definition) is 0. The van der Waals surface area contributed by atoms with Crippen LogP contribution in [0.1, 0.15) is 12.8 Å². The van der Waals surface area contributed by atoms with Crippen LogP contribution in [0.3, 0.4) is 0 Å². The fraction of sp³-hybridized carbons (Fsp3) is 0.800. The first-order valence-electron chi connectivity index (χ1n) is 2.54. The predicted octanol–water partition coefficient (Wildman–Crippen LogP) is 1.62. The molecule has 0 aromatic rings. The highest BCUT2D eigenvalue weighted by Crippen LogP contribution is 2.57. The van der Waals surface area contributed by atoms with Gasteiger partial charge in [-0.15, -0.1) is 8.58 Å². The Hall–Kier alpha value is 0.430. The molecular weight excluding hydrogens is 91.0 g/mol. The zero-order chi connectivity index (χ0) is 3.98. The maximum atomic E-state index is 1.88. The molecule has 2 heterocycles. The highest BCUT2D eigenvalue weighted by atomic mass is 31.1. The van der Waals surface area contributed by atoms with Crippen LogP contribution in [0.15, 0.2) is 0 Å². The molecule has 1 saturated carbocycles. The molecule has 0 nitrogen and oxygen atoms in total. The van der Waals surface area contributed by atoms with Gasteiger partial charge in [-0.3, -0.25) is 0 Å². The lowest BCUT2D eigenvalue weighted by Crippen LogP contribution is -2.08. The van der Waals surface area contributed by atoms with Crippen molar-refractivity contribution >= 4 is 8.58 Å². The molecule has 2 aliphatic heterocycles. The van der Waals surface area contributed by atoms with Crippen molar-refractivity contribution in [1.29, 1.82) is 0 Å². The van der Waals surface area contributed by atoms with E-state index in [9.17, 15) is 0 Å². The van der Waals surface area contributed by atoms with Gasteiger partial charge in [0.05, 0.1) is 0 Å². The molecule has 0 N–H and O–H groups in total. The van der Waals surface area contributed by atoms with Crippen LogP contribution in [0.2, 0.25) is 0 Å². The summed E-state index contributed by atoms with van der Waals surface area (Å²) in [6.45, 7) is 0. The average Bonchev–Trinajstić information content (AvgIpc) is 1.72. The summed E-state index contributed by atoms with van der Waals surface area (Å²) in [6.07, 6.45) is 4.58. The maximum absolute atomic E-state index is 1.88. The molecule has 1 aliphatic carbocycles. The molecule has 3 rings (SSSR count). The van der Waals surface area contributed by atoms with Crippen LogP contribution in [0.5, 0.6) is 0 Å². The Kier molecular flexibility index (Phi) is 0.561. The standard InChI is InChI=1S/C5H8P/c1-4-2-5(1)6-3-4/h4,6H,1-3H2. The molecule has 0 aromatic heterocycles. The Balaban J connectivity index is 2.16. The summed E-state index contributed by atoms with van der Waals surface area (Å²) in [5.74, 6) is 1.17. The maximum Gasteiger partial charge on any atom is -0.00229 e. The van der Waals surface area contributed by atoms with Gasteiger partial charge in [0, 0.05) is 0 Å². The van der Waals surface area contributed by atoms with Crippen LogP contribution in [-0.2, 0) is 0 Å². The van der Waals surface area contributed by atoms with Crippen LogP contribution >= 0.6 is 8.58 Å². The van der Waals surface area contributed by atoms with E-state index < -0.39 is 0 Å². The molecule has 0 aromatic carbocycles. The molecular formula is C5H8P. The second kappa shape index (κ2) is 0.980. The van der Waals surface area contributed by atoms with Crippen molar-refractivity contribution in [2.75, 3.05) is 6.16 Å².